The standard InChI is InChI=1S/C14H26N4O2S/c1-3-15-9-12-10-16-18-13(12)21(19,20)17-11-14(2)7-5-4-6-8-14/h10,15,17H,3-9,11H2,1-2H3,(H,16,18). The van der Waals surface area contributed by atoms with E-state index in [-0.39, 0.29) is 10.4 Å². The van der Waals surface area contributed by atoms with Crippen LogP contribution in [0.2, 0.25) is 0 Å². The molecule has 1 aromatic heterocycles. The van der Waals surface area contributed by atoms with Gasteiger partial charge in [-0.15, -0.1) is 0 Å². The number of nitrogens with zero attached hydrogens (tertiary/aromatic N) is 1. The van der Waals surface area contributed by atoms with Crippen LogP contribution in [-0.2, 0) is 16.6 Å². The molecule has 120 valence electrons. The molecule has 7 heteroatoms. The number of aromatic amines is 1. The smallest absolute Gasteiger partial charge is 0.257 e. The van der Waals surface area contributed by atoms with Crippen LogP contribution in [0.5, 0.6) is 0 Å². The molecule has 1 heterocycles. The molecule has 1 fully saturated rings. The Morgan fingerprint density at radius 3 is 2.71 bits per heavy atom. The molecule has 1 aliphatic carbocycles. The third-order valence-corrected chi connectivity index (χ3v) is 5.68. The van der Waals surface area contributed by atoms with E-state index in [4.69, 9.17) is 0 Å². The van der Waals surface area contributed by atoms with Gasteiger partial charge in [0.05, 0.1) is 6.20 Å². The van der Waals surface area contributed by atoms with Crippen molar-refractivity contribution in [3.05, 3.63) is 11.8 Å². The highest BCUT2D eigenvalue weighted by atomic mass is 32.2. The van der Waals surface area contributed by atoms with Crippen molar-refractivity contribution >= 4 is 10.0 Å². The molecule has 2 rings (SSSR count). The van der Waals surface area contributed by atoms with Crippen molar-refractivity contribution in [1.82, 2.24) is 20.2 Å². The van der Waals surface area contributed by atoms with Crippen LogP contribution in [-0.4, -0.2) is 31.7 Å². The van der Waals surface area contributed by atoms with Gasteiger partial charge in [0.25, 0.3) is 10.0 Å². The molecule has 3 N–H and O–H groups in total. The van der Waals surface area contributed by atoms with Gasteiger partial charge in [0.1, 0.15) is 0 Å². The maximum absolute atomic E-state index is 12.5. The molecule has 0 bridgehead atoms. The van der Waals surface area contributed by atoms with Gasteiger partial charge in [0, 0.05) is 18.7 Å². The van der Waals surface area contributed by atoms with Crippen LogP contribution in [0.3, 0.4) is 0 Å². The summed E-state index contributed by atoms with van der Waals surface area (Å²) in [7, 11) is -3.52. The van der Waals surface area contributed by atoms with Gasteiger partial charge in [-0.1, -0.05) is 33.1 Å². The van der Waals surface area contributed by atoms with Crippen molar-refractivity contribution in [1.29, 1.82) is 0 Å². The number of rotatable bonds is 7. The minimum Gasteiger partial charge on any atom is -0.313 e. The number of hydrogen-bond donors (Lipinski definition) is 3. The Morgan fingerprint density at radius 1 is 1.33 bits per heavy atom. The molecule has 0 amide bonds. The first kappa shape index (κ1) is 16.5. The molecule has 0 atom stereocenters. The van der Waals surface area contributed by atoms with Crippen LogP contribution in [0.15, 0.2) is 11.2 Å². The number of aromatic nitrogens is 2. The molecule has 1 aromatic rings. The summed E-state index contributed by atoms with van der Waals surface area (Å²) in [6.45, 7) is 5.93. The van der Waals surface area contributed by atoms with Crippen molar-refractivity contribution in [3.63, 3.8) is 0 Å². The minimum absolute atomic E-state index is 0.0766. The van der Waals surface area contributed by atoms with E-state index in [1.807, 2.05) is 6.92 Å². The summed E-state index contributed by atoms with van der Waals surface area (Å²) in [4.78, 5) is 0. The minimum atomic E-state index is -3.52. The second-order valence-corrected chi connectivity index (χ2v) is 7.90. The van der Waals surface area contributed by atoms with E-state index >= 15 is 0 Å². The maximum atomic E-state index is 12.5. The molecule has 0 aromatic carbocycles. The van der Waals surface area contributed by atoms with Crippen molar-refractivity contribution in [2.24, 2.45) is 5.41 Å². The largest absolute Gasteiger partial charge is 0.313 e. The predicted molar refractivity (Wildman–Crippen MR) is 82.3 cm³/mol. The molecular formula is C14H26N4O2S. The van der Waals surface area contributed by atoms with Gasteiger partial charge in [-0.25, -0.2) is 13.1 Å². The summed E-state index contributed by atoms with van der Waals surface area (Å²) in [6.07, 6.45) is 7.38. The predicted octanol–water partition coefficient (Wildman–Crippen LogP) is 1.77. The first-order chi connectivity index (χ1) is 9.97. The van der Waals surface area contributed by atoms with Gasteiger partial charge < -0.3 is 5.32 Å². The van der Waals surface area contributed by atoms with Gasteiger partial charge in [-0.05, 0) is 24.8 Å². The molecule has 1 saturated carbocycles. The lowest BCUT2D eigenvalue weighted by molar-refractivity contribution is 0.219. The van der Waals surface area contributed by atoms with Gasteiger partial charge in [-0.3, -0.25) is 5.10 Å². The number of sulfonamides is 1. The zero-order chi connectivity index (χ0) is 15.3. The lowest BCUT2D eigenvalue weighted by atomic mass is 9.76. The van der Waals surface area contributed by atoms with E-state index in [2.05, 4.69) is 27.2 Å². The van der Waals surface area contributed by atoms with Gasteiger partial charge >= 0.3 is 0 Å². The van der Waals surface area contributed by atoms with Gasteiger partial charge in [0.2, 0.25) is 0 Å². The molecule has 0 spiro atoms. The Balaban J connectivity index is 2.03. The van der Waals surface area contributed by atoms with Crippen LogP contribution >= 0.6 is 0 Å². The molecule has 21 heavy (non-hydrogen) atoms. The van der Waals surface area contributed by atoms with Crippen LogP contribution in [0, 0.1) is 5.41 Å². The summed E-state index contributed by atoms with van der Waals surface area (Å²) in [5.41, 5.74) is 0.755. The highest BCUT2D eigenvalue weighted by Crippen LogP contribution is 2.35. The molecule has 0 aliphatic heterocycles. The summed E-state index contributed by atoms with van der Waals surface area (Å²) in [6, 6.07) is 0. The fraction of sp³-hybridized carbons (Fsp3) is 0.786. The molecule has 6 nitrogen and oxygen atoms in total. The van der Waals surface area contributed by atoms with Crippen LogP contribution in [0.4, 0.5) is 0 Å². The summed E-state index contributed by atoms with van der Waals surface area (Å²) >= 11 is 0. The monoisotopic (exact) mass is 314 g/mol. The Kier molecular flexibility index (Phi) is 5.40. The SMILES string of the molecule is CCNCc1cn[nH]c1S(=O)(=O)NCC1(C)CCCCC1. The zero-order valence-corrected chi connectivity index (χ0v) is 13.7. The number of H-pyrrole nitrogens is 1. The average Bonchev–Trinajstić information content (AvgIpc) is 2.93. The molecule has 1 aliphatic rings. The van der Waals surface area contributed by atoms with Crippen molar-refractivity contribution in [3.8, 4) is 0 Å². The molecule has 0 unspecified atom stereocenters. The van der Waals surface area contributed by atoms with Crippen LogP contribution in [0.25, 0.3) is 0 Å². The fourth-order valence-corrected chi connectivity index (χ4v) is 4.17. The lowest BCUT2D eigenvalue weighted by Gasteiger charge is -2.33. The number of nitrogens with one attached hydrogen (secondary N) is 3. The quantitative estimate of drug-likeness (QED) is 0.716. The lowest BCUT2D eigenvalue weighted by Crippen LogP contribution is -2.37. The maximum Gasteiger partial charge on any atom is 0.257 e. The second-order valence-electron chi connectivity index (χ2n) is 6.20. The van der Waals surface area contributed by atoms with Gasteiger partial charge in [0.15, 0.2) is 5.03 Å². The topological polar surface area (TPSA) is 86.9 Å². The third kappa shape index (κ3) is 4.28. The Morgan fingerprint density at radius 2 is 2.05 bits per heavy atom. The van der Waals surface area contributed by atoms with Crippen molar-refractivity contribution in [2.75, 3.05) is 13.1 Å². The average molecular weight is 314 g/mol. The number of hydrogen-bond acceptors (Lipinski definition) is 4. The summed E-state index contributed by atoms with van der Waals surface area (Å²) in [5, 5.41) is 9.79. The van der Waals surface area contributed by atoms with Crippen molar-refractivity contribution < 1.29 is 8.42 Å². The van der Waals surface area contributed by atoms with E-state index in [0.717, 1.165) is 19.4 Å². The third-order valence-electron chi connectivity index (χ3n) is 4.26. The Labute approximate surface area is 127 Å². The van der Waals surface area contributed by atoms with Gasteiger partial charge in [-0.2, -0.15) is 5.10 Å². The normalized spacial score (nSPS) is 18.8. The van der Waals surface area contributed by atoms with Crippen LogP contribution in [0.1, 0.15) is 51.5 Å². The first-order valence-electron chi connectivity index (χ1n) is 7.69. The Hall–Kier alpha value is -0.920. The highest BCUT2D eigenvalue weighted by molar-refractivity contribution is 7.89. The first-order valence-corrected chi connectivity index (χ1v) is 9.18. The highest BCUT2D eigenvalue weighted by Gasteiger charge is 2.29. The van der Waals surface area contributed by atoms with E-state index in [1.165, 1.54) is 19.3 Å². The van der Waals surface area contributed by atoms with E-state index in [9.17, 15) is 8.42 Å². The molecule has 0 saturated heterocycles. The van der Waals surface area contributed by atoms with E-state index in [0.29, 0.717) is 18.7 Å². The second kappa shape index (κ2) is 6.89. The van der Waals surface area contributed by atoms with Crippen molar-refractivity contribution in [2.45, 2.75) is 57.5 Å². The summed E-state index contributed by atoms with van der Waals surface area (Å²) in [5.74, 6) is 0. The van der Waals surface area contributed by atoms with E-state index < -0.39 is 10.0 Å². The summed E-state index contributed by atoms with van der Waals surface area (Å²) < 4.78 is 27.7. The molecular weight excluding hydrogens is 288 g/mol. The van der Waals surface area contributed by atoms with Crippen LogP contribution < -0.4 is 10.0 Å². The zero-order valence-electron chi connectivity index (χ0n) is 12.9. The fourth-order valence-electron chi connectivity index (χ4n) is 2.84. The molecule has 0 radical (unpaired) electrons. The van der Waals surface area contributed by atoms with E-state index in [1.54, 1.807) is 6.20 Å². The Bertz CT molecular complexity index is 547.